The highest BCUT2D eigenvalue weighted by Gasteiger charge is 2.49. The van der Waals surface area contributed by atoms with Crippen LogP contribution in [0.3, 0.4) is 0 Å². The van der Waals surface area contributed by atoms with Crippen LogP contribution in [0.25, 0.3) is 0 Å². The van der Waals surface area contributed by atoms with Crippen LogP contribution in [0.4, 0.5) is 0 Å². The van der Waals surface area contributed by atoms with E-state index < -0.39 is 0 Å². The lowest BCUT2D eigenvalue weighted by atomic mass is 9.97. The van der Waals surface area contributed by atoms with E-state index in [-0.39, 0.29) is 29.4 Å². The fourth-order valence-corrected chi connectivity index (χ4v) is 2.63. The van der Waals surface area contributed by atoms with Gasteiger partial charge in [-0.25, -0.2) is 0 Å². The Balaban J connectivity index is 2.36. The van der Waals surface area contributed by atoms with Crippen LogP contribution in [0.15, 0.2) is 12.7 Å². The highest BCUT2D eigenvalue weighted by atomic mass is 16.2. The number of carbonyl (C=O) groups excluding carboxylic acids is 1. The maximum absolute atomic E-state index is 11.5. The molecule has 0 aliphatic carbocycles. The predicted octanol–water partition coefficient (Wildman–Crippen LogP) is 1.10. The molecule has 82 valence electrons. The van der Waals surface area contributed by atoms with E-state index in [0.29, 0.717) is 0 Å². The van der Waals surface area contributed by atoms with E-state index in [9.17, 15) is 4.79 Å². The van der Waals surface area contributed by atoms with Gasteiger partial charge in [-0.2, -0.15) is 0 Å². The van der Waals surface area contributed by atoms with Crippen molar-refractivity contribution in [2.24, 2.45) is 5.92 Å². The summed E-state index contributed by atoms with van der Waals surface area (Å²) in [6.45, 7) is 7.83. The lowest BCUT2D eigenvalue weighted by molar-refractivity contribution is -0.126. The predicted molar refractivity (Wildman–Crippen MR) is 58.5 cm³/mol. The summed E-state index contributed by atoms with van der Waals surface area (Å²) in [4.78, 5) is 13.5. The van der Waals surface area contributed by atoms with Crippen LogP contribution in [-0.2, 0) is 4.79 Å². The van der Waals surface area contributed by atoms with E-state index >= 15 is 0 Å². The second-order valence-electron chi connectivity index (χ2n) is 4.66. The summed E-state index contributed by atoms with van der Waals surface area (Å²) in [7, 11) is 0. The van der Waals surface area contributed by atoms with Gasteiger partial charge in [-0.1, -0.05) is 13.0 Å². The van der Waals surface area contributed by atoms with Crippen molar-refractivity contribution in [2.45, 2.75) is 38.3 Å². The standard InChI is InChI=1S/C11H17N3O/c1-4-11(3)6-5-8-7(2)9(15)13-10(12)14(8)11/h4,7-8H,1,5-6H2,2-3H3,(H2,12,13,15)/t7-,8-,11+/m0/s1. The molecule has 0 bridgehead atoms. The monoisotopic (exact) mass is 207 g/mol. The first-order valence-electron chi connectivity index (χ1n) is 5.32. The average molecular weight is 207 g/mol. The molecule has 0 unspecified atom stereocenters. The number of guanidine groups is 1. The topological polar surface area (TPSA) is 56.2 Å². The number of nitrogens with one attached hydrogen (secondary N) is 2. The van der Waals surface area contributed by atoms with Gasteiger partial charge in [-0.3, -0.25) is 15.5 Å². The second-order valence-corrected chi connectivity index (χ2v) is 4.66. The molecule has 3 atom stereocenters. The summed E-state index contributed by atoms with van der Waals surface area (Å²) in [6.07, 6.45) is 3.80. The molecule has 2 aliphatic heterocycles. The Morgan fingerprint density at radius 1 is 1.73 bits per heavy atom. The first-order chi connectivity index (χ1) is 6.99. The smallest absolute Gasteiger partial charge is 0.231 e. The number of hydrogen-bond donors (Lipinski definition) is 2. The minimum atomic E-state index is -0.177. The van der Waals surface area contributed by atoms with Crippen molar-refractivity contribution in [1.82, 2.24) is 10.2 Å². The van der Waals surface area contributed by atoms with Crippen molar-refractivity contribution in [3.8, 4) is 0 Å². The van der Waals surface area contributed by atoms with Gasteiger partial charge < -0.3 is 4.90 Å². The van der Waals surface area contributed by atoms with Gasteiger partial charge in [0.05, 0.1) is 11.5 Å². The van der Waals surface area contributed by atoms with Crippen LogP contribution in [0.5, 0.6) is 0 Å². The Hall–Kier alpha value is -1.32. The van der Waals surface area contributed by atoms with Crippen molar-refractivity contribution in [3.05, 3.63) is 12.7 Å². The molecule has 0 aromatic rings. The molecule has 0 spiro atoms. The summed E-state index contributed by atoms with van der Waals surface area (Å²) in [5.74, 6) is 0.151. The third-order valence-corrected chi connectivity index (χ3v) is 3.74. The Morgan fingerprint density at radius 2 is 2.40 bits per heavy atom. The fourth-order valence-electron chi connectivity index (χ4n) is 2.63. The van der Waals surface area contributed by atoms with Crippen LogP contribution < -0.4 is 5.32 Å². The molecule has 0 aromatic carbocycles. The van der Waals surface area contributed by atoms with Gasteiger partial charge in [0.15, 0.2) is 5.96 Å². The third-order valence-electron chi connectivity index (χ3n) is 3.74. The summed E-state index contributed by atoms with van der Waals surface area (Å²) in [5.41, 5.74) is -0.177. The van der Waals surface area contributed by atoms with Crippen LogP contribution >= 0.6 is 0 Å². The molecule has 2 N–H and O–H groups in total. The molecule has 4 nitrogen and oxygen atoms in total. The molecular formula is C11H17N3O. The van der Waals surface area contributed by atoms with Crippen molar-refractivity contribution < 1.29 is 4.79 Å². The maximum atomic E-state index is 11.5. The highest BCUT2D eigenvalue weighted by Crippen LogP contribution is 2.39. The number of hydrogen-bond acceptors (Lipinski definition) is 2. The van der Waals surface area contributed by atoms with Gasteiger partial charge in [0.1, 0.15) is 0 Å². The van der Waals surface area contributed by atoms with Gasteiger partial charge in [0.25, 0.3) is 0 Å². The van der Waals surface area contributed by atoms with E-state index in [2.05, 4.69) is 18.8 Å². The molecule has 4 heteroatoms. The zero-order valence-electron chi connectivity index (χ0n) is 9.21. The van der Waals surface area contributed by atoms with Crippen LogP contribution in [0, 0.1) is 11.3 Å². The van der Waals surface area contributed by atoms with Gasteiger partial charge in [0.2, 0.25) is 5.91 Å². The van der Waals surface area contributed by atoms with Crippen molar-refractivity contribution >= 4 is 11.9 Å². The molecule has 1 amide bonds. The maximum Gasteiger partial charge on any atom is 0.231 e. The van der Waals surface area contributed by atoms with Crippen molar-refractivity contribution in [3.63, 3.8) is 0 Å². The van der Waals surface area contributed by atoms with Gasteiger partial charge in [-0.15, -0.1) is 6.58 Å². The minimum absolute atomic E-state index is 0.0328. The largest absolute Gasteiger partial charge is 0.330 e. The number of amides is 1. The van der Waals surface area contributed by atoms with Gasteiger partial charge >= 0.3 is 0 Å². The quantitative estimate of drug-likeness (QED) is 0.632. The van der Waals surface area contributed by atoms with E-state index in [0.717, 1.165) is 12.8 Å². The van der Waals surface area contributed by atoms with Crippen LogP contribution in [0.2, 0.25) is 0 Å². The Morgan fingerprint density at radius 3 is 3.00 bits per heavy atom. The molecule has 2 aliphatic rings. The molecule has 2 rings (SSSR count). The summed E-state index contributed by atoms with van der Waals surface area (Å²) in [5, 5.41) is 10.5. The number of rotatable bonds is 1. The molecule has 2 fully saturated rings. The van der Waals surface area contributed by atoms with Crippen LogP contribution in [-0.4, -0.2) is 28.3 Å². The minimum Gasteiger partial charge on any atom is -0.330 e. The molecular weight excluding hydrogens is 190 g/mol. The molecule has 2 heterocycles. The SMILES string of the molecule is C=C[C@]1(C)CC[C@H]2[C@H](C)C(=O)NC(=N)N21. The van der Waals surface area contributed by atoms with Crippen LogP contribution in [0.1, 0.15) is 26.7 Å². The van der Waals surface area contributed by atoms with E-state index in [1.165, 1.54) is 0 Å². The Kier molecular flexibility index (Phi) is 2.10. The fraction of sp³-hybridized carbons (Fsp3) is 0.636. The first kappa shape index (κ1) is 10.2. The normalized spacial score (nSPS) is 40.0. The summed E-state index contributed by atoms with van der Waals surface area (Å²) >= 11 is 0. The second kappa shape index (κ2) is 3.08. The molecule has 0 radical (unpaired) electrons. The summed E-state index contributed by atoms with van der Waals surface area (Å²) < 4.78 is 0. The summed E-state index contributed by atoms with van der Waals surface area (Å²) in [6, 6.07) is 0.161. The van der Waals surface area contributed by atoms with Crippen molar-refractivity contribution in [2.75, 3.05) is 0 Å². The zero-order chi connectivity index (χ0) is 11.2. The van der Waals surface area contributed by atoms with E-state index in [1.54, 1.807) is 0 Å². The van der Waals surface area contributed by atoms with E-state index in [4.69, 9.17) is 5.41 Å². The Bertz CT molecular complexity index is 339. The number of fused-ring (bicyclic) bond motifs is 1. The third kappa shape index (κ3) is 1.28. The average Bonchev–Trinajstić information content (AvgIpc) is 2.54. The van der Waals surface area contributed by atoms with Gasteiger partial charge in [-0.05, 0) is 19.8 Å². The lowest BCUT2D eigenvalue weighted by Crippen LogP contribution is -2.62. The zero-order valence-corrected chi connectivity index (χ0v) is 9.21. The Labute approximate surface area is 89.8 Å². The number of carbonyl (C=O) groups is 1. The first-order valence-corrected chi connectivity index (χ1v) is 5.32. The molecule has 2 saturated heterocycles. The highest BCUT2D eigenvalue weighted by molar-refractivity contribution is 6.00. The lowest BCUT2D eigenvalue weighted by Gasteiger charge is -2.43. The molecule has 0 saturated carbocycles. The molecule has 0 aromatic heterocycles. The number of nitrogens with zero attached hydrogens (tertiary/aromatic N) is 1. The van der Waals surface area contributed by atoms with E-state index in [1.807, 2.05) is 17.9 Å². The van der Waals surface area contributed by atoms with Crippen molar-refractivity contribution in [1.29, 1.82) is 5.41 Å². The molecule has 15 heavy (non-hydrogen) atoms. The van der Waals surface area contributed by atoms with Gasteiger partial charge in [0, 0.05) is 6.04 Å².